The lowest BCUT2D eigenvalue weighted by atomic mass is 9.95. The summed E-state index contributed by atoms with van der Waals surface area (Å²) in [4.78, 5) is 9.38. The first-order chi connectivity index (χ1) is 9.90. The zero-order valence-electron chi connectivity index (χ0n) is 12.2. The van der Waals surface area contributed by atoms with Gasteiger partial charge in [0.15, 0.2) is 5.65 Å². The summed E-state index contributed by atoms with van der Waals surface area (Å²) in [6, 6.07) is 4.63. The van der Waals surface area contributed by atoms with Crippen LogP contribution in [0.15, 0.2) is 18.3 Å². The summed E-state index contributed by atoms with van der Waals surface area (Å²) in [7, 11) is 1.76. The highest BCUT2D eigenvalue weighted by atomic mass is 16.5. The van der Waals surface area contributed by atoms with Gasteiger partial charge in [0.05, 0.1) is 0 Å². The third-order valence-corrected chi connectivity index (χ3v) is 4.21. The highest BCUT2D eigenvalue weighted by molar-refractivity contribution is 5.71. The van der Waals surface area contributed by atoms with Gasteiger partial charge >= 0.3 is 0 Å². The number of methoxy groups -OCH3 is 1. The maximum Gasteiger partial charge on any atom is 0.160 e. The third kappa shape index (κ3) is 2.70. The molecule has 0 bridgehead atoms. The second kappa shape index (κ2) is 6.35. The minimum absolute atomic E-state index is 0.584. The molecule has 0 amide bonds. The molecule has 0 saturated heterocycles. The zero-order chi connectivity index (χ0) is 13.8. The first kappa shape index (κ1) is 13.6. The van der Waals surface area contributed by atoms with E-state index in [4.69, 9.17) is 9.72 Å². The number of nitrogens with zero attached hydrogens (tertiary/aromatic N) is 3. The molecule has 2 heterocycles. The van der Waals surface area contributed by atoms with Crippen molar-refractivity contribution in [3.05, 3.63) is 24.2 Å². The Balaban J connectivity index is 1.94. The summed E-state index contributed by atoms with van der Waals surface area (Å²) >= 11 is 0. The molecule has 1 fully saturated rings. The molecular formula is C16H23N3O. The summed E-state index contributed by atoms with van der Waals surface area (Å²) in [6.07, 6.45) is 10.4. The minimum Gasteiger partial charge on any atom is -0.385 e. The highest BCUT2D eigenvalue weighted by Crippen LogP contribution is 2.32. The summed E-state index contributed by atoms with van der Waals surface area (Å²) in [5, 5.41) is 0. The molecule has 2 aromatic rings. The number of hydrogen-bond acceptors (Lipinski definition) is 3. The number of fused-ring (bicyclic) bond motifs is 1. The molecule has 0 aliphatic heterocycles. The first-order valence-electron chi connectivity index (χ1n) is 7.71. The van der Waals surface area contributed by atoms with Crippen LogP contribution in [-0.4, -0.2) is 28.3 Å². The van der Waals surface area contributed by atoms with Crippen LogP contribution in [0, 0.1) is 0 Å². The number of imidazole rings is 1. The monoisotopic (exact) mass is 273 g/mol. The van der Waals surface area contributed by atoms with Crippen molar-refractivity contribution in [3.8, 4) is 0 Å². The molecular weight excluding hydrogens is 250 g/mol. The molecule has 0 unspecified atom stereocenters. The molecule has 0 aromatic carbocycles. The van der Waals surface area contributed by atoms with E-state index in [0.717, 1.165) is 30.6 Å². The Bertz CT molecular complexity index is 558. The van der Waals surface area contributed by atoms with Gasteiger partial charge in [-0.25, -0.2) is 9.97 Å². The smallest absolute Gasteiger partial charge is 0.160 e. The van der Waals surface area contributed by atoms with Gasteiger partial charge in [0.2, 0.25) is 0 Å². The maximum absolute atomic E-state index is 5.17. The summed E-state index contributed by atoms with van der Waals surface area (Å²) < 4.78 is 7.58. The van der Waals surface area contributed by atoms with Crippen LogP contribution in [0.3, 0.4) is 0 Å². The molecule has 3 rings (SSSR count). The lowest BCUT2D eigenvalue weighted by Gasteiger charge is -2.25. The Hall–Kier alpha value is -1.42. The molecule has 0 atom stereocenters. The van der Waals surface area contributed by atoms with E-state index in [0.29, 0.717) is 6.04 Å². The Labute approximate surface area is 120 Å². The SMILES string of the molecule is COCCCc1nc2cccnc2n1C1CCCCC1. The van der Waals surface area contributed by atoms with Crippen LogP contribution in [0.2, 0.25) is 0 Å². The van der Waals surface area contributed by atoms with Crippen LogP contribution < -0.4 is 0 Å². The Kier molecular flexibility index (Phi) is 4.31. The molecule has 4 nitrogen and oxygen atoms in total. The van der Waals surface area contributed by atoms with Crippen molar-refractivity contribution in [2.24, 2.45) is 0 Å². The lowest BCUT2D eigenvalue weighted by molar-refractivity contribution is 0.194. The fourth-order valence-corrected chi connectivity index (χ4v) is 3.25. The van der Waals surface area contributed by atoms with Crippen molar-refractivity contribution in [3.63, 3.8) is 0 Å². The van der Waals surface area contributed by atoms with Crippen LogP contribution in [-0.2, 0) is 11.2 Å². The van der Waals surface area contributed by atoms with E-state index in [1.165, 1.54) is 37.9 Å². The maximum atomic E-state index is 5.17. The predicted octanol–water partition coefficient (Wildman–Crippen LogP) is 3.52. The number of aromatic nitrogens is 3. The highest BCUT2D eigenvalue weighted by Gasteiger charge is 2.21. The number of hydrogen-bond donors (Lipinski definition) is 0. The van der Waals surface area contributed by atoms with Gasteiger partial charge in [-0.15, -0.1) is 0 Å². The van der Waals surface area contributed by atoms with E-state index < -0.39 is 0 Å². The summed E-state index contributed by atoms with van der Waals surface area (Å²) in [5.41, 5.74) is 2.09. The largest absolute Gasteiger partial charge is 0.385 e. The molecule has 108 valence electrons. The Morgan fingerprint density at radius 2 is 2.15 bits per heavy atom. The lowest BCUT2D eigenvalue weighted by Crippen LogP contribution is -2.16. The fourth-order valence-electron chi connectivity index (χ4n) is 3.25. The molecule has 0 radical (unpaired) electrons. The van der Waals surface area contributed by atoms with Crippen molar-refractivity contribution < 1.29 is 4.74 Å². The van der Waals surface area contributed by atoms with Crippen molar-refractivity contribution in [2.45, 2.75) is 51.0 Å². The van der Waals surface area contributed by atoms with E-state index in [2.05, 4.69) is 15.6 Å². The van der Waals surface area contributed by atoms with Gasteiger partial charge in [-0.2, -0.15) is 0 Å². The number of aryl methyl sites for hydroxylation is 1. The van der Waals surface area contributed by atoms with Gasteiger partial charge in [-0.05, 0) is 31.4 Å². The summed E-state index contributed by atoms with van der Waals surface area (Å²) in [6.45, 7) is 0.793. The Morgan fingerprint density at radius 3 is 2.95 bits per heavy atom. The second-order valence-electron chi connectivity index (χ2n) is 5.63. The molecule has 1 saturated carbocycles. The molecule has 1 aliphatic carbocycles. The van der Waals surface area contributed by atoms with Crippen LogP contribution >= 0.6 is 0 Å². The van der Waals surface area contributed by atoms with Gasteiger partial charge in [-0.3, -0.25) is 0 Å². The quantitative estimate of drug-likeness (QED) is 0.783. The van der Waals surface area contributed by atoms with Crippen LogP contribution in [0.25, 0.3) is 11.2 Å². The molecule has 0 spiro atoms. The second-order valence-corrected chi connectivity index (χ2v) is 5.63. The van der Waals surface area contributed by atoms with Gasteiger partial charge in [0.25, 0.3) is 0 Å². The average Bonchev–Trinajstić information content (AvgIpc) is 2.86. The number of pyridine rings is 1. The molecule has 1 aliphatic rings. The van der Waals surface area contributed by atoms with Crippen molar-refractivity contribution in [1.29, 1.82) is 0 Å². The normalized spacial score (nSPS) is 16.9. The minimum atomic E-state index is 0.584. The van der Waals surface area contributed by atoms with Gasteiger partial charge in [0.1, 0.15) is 11.3 Å². The van der Waals surface area contributed by atoms with Gasteiger partial charge in [-0.1, -0.05) is 19.3 Å². The van der Waals surface area contributed by atoms with E-state index in [1.807, 2.05) is 12.3 Å². The van der Waals surface area contributed by atoms with E-state index in [9.17, 15) is 0 Å². The number of ether oxygens (including phenoxy) is 1. The van der Waals surface area contributed by atoms with Gasteiger partial charge < -0.3 is 9.30 Å². The van der Waals surface area contributed by atoms with E-state index in [1.54, 1.807) is 7.11 Å². The van der Waals surface area contributed by atoms with Crippen LogP contribution in [0.4, 0.5) is 0 Å². The Morgan fingerprint density at radius 1 is 1.30 bits per heavy atom. The van der Waals surface area contributed by atoms with E-state index >= 15 is 0 Å². The van der Waals surface area contributed by atoms with Crippen molar-refractivity contribution in [2.75, 3.05) is 13.7 Å². The standard InChI is InChI=1S/C16H23N3O/c1-20-12-6-10-15-18-14-9-5-11-17-16(14)19(15)13-7-3-2-4-8-13/h5,9,11,13H,2-4,6-8,10,12H2,1H3. The summed E-state index contributed by atoms with van der Waals surface area (Å²) in [5.74, 6) is 1.18. The number of rotatable bonds is 5. The van der Waals surface area contributed by atoms with Crippen LogP contribution in [0.5, 0.6) is 0 Å². The molecule has 2 aromatic heterocycles. The fraction of sp³-hybridized carbons (Fsp3) is 0.625. The van der Waals surface area contributed by atoms with Gasteiger partial charge in [0, 0.05) is 32.4 Å². The third-order valence-electron chi connectivity index (χ3n) is 4.21. The van der Waals surface area contributed by atoms with Crippen molar-refractivity contribution >= 4 is 11.2 Å². The zero-order valence-corrected chi connectivity index (χ0v) is 12.2. The van der Waals surface area contributed by atoms with Crippen molar-refractivity contribution in [1.82, 2.24) is 14.5 Å². The topological polar surface area (TPSA) is 39.9 Å². The molecule has 0 N–H and O–H groups in total. The molecule has 4 heteroatoms. The average molecular weight is 273 g/mol. The first-order valence-corrected chi connectivity index (χ1v) is 7.71. The molecule has 20 heavy (non-hydrogen) atoms. The van der Waals surface area contributed by atoms with Crippen LogP contribution in [0.1, 0.15) is 50.4 Å². The van der Waals surface area contributed by atoms with E-state index in [-0.39, 0.29) is 0 Å². The predicted molar refractivity (Wildman–Crippen MR) is 79.8 cm³/mol.